The predicted molar refractivity (Wildman–Crippen MR) is 50.0 cm³/mol. The van der Waals surface area contributed by atoms with Gasteiger partial charge in [0.05, 0.1) is 19.3 Å². The Morgan fingerprint density at radius 2 is 1.67 bits per heavy atom. The molecule has 0 radical (unpaired) electrons. The zero-order chi connectivity index (χ0) is 9.56. The van der Waals surface area contributed by atoms with E-state index in [-0.39, 0.29) is 19.3 Å². The van der Waals surface area contributed by atoms with Crippen molar-refractivity contribution in [2.75, 3.05) is 13.2 Å². The van der Waals surface area contributed by atoms with Crippen LogP contribution in [0, 0.1) is 5.92 Å². The van der Waals surface area contributed by atoms with Crippen molar-refractivity contribution in [2.45, 2.75) is 39.3 Å². The summed E-state index contributed by atoms with van der Waals surface area (Å²) in [5.41, 5.74) is 0. The molecule has 3 nitrogen and oxygen atoms in total. The monoisotopic (exact) mass is 175 g/mol. The molecule has 0 saturated heterocycles. The van der Waals surface area contributed by atoms with Crippen molar-refractivity contribution >= 4 is 0 Å². The summed E-state index contributed by atoms with van der Waals surface area (Å²) in [5, 5.41) is 20.9. The number of aliphatic hydroxyl groups excluding tert-OH is 2. The molecule has 12 heavy (non-hydrogen) atoms. The molecule has 0 aromatic rings. The zero-order valence-corrected chi connectivity index (χ0v) is 8.25. The van der Waals surface area contributed by atoms with Gasteiger partial charge in [0, 0.05) is 6.04 Å². The van der Waals surface area contributed by atoms with Crippen LogP contribution in [-0.2, 0) is 0 Å². The first-order valence-electron chi connectivity index (χ1n) is 4.63. The zero-order valence-electron chi connectivity index (χ0n) is 8.25. The van der Waals surface area contributed by atoms with Crippen LogP contribution < -0.4 is 5.32 Å². The van der Waals surface area contributed by atoms with E-state index in [1.54, 1.807) is 0 Å². The quantitative estimate of drug-likeness (QED) is 0.546. The topological polar surface area (TPSA) is 52.5 Å². The molecule has 74 valence electrons. The summed E-state index contributed by atoms with van der Waals surface area (Å²) in [7, 11) is 0. The fourth-order valence-electron chi connectivity index (χ4n) is 1.25. The summed E-state index contributed by atoms with van der Waals surface area (Å²) >= 11 is 0. The molecule has 0 aliphatic rings. The van der Waals surface area contributed by atoms with E-state index < -0.39 is 0 Å². The second-order valence-corrected chi connectivity index (χ2v) is 3.49. The van der Waals surface area contributed by atoms with Crippen LogP contribution in [0.25, 0.3) is 0 Å². The van der Waals surface area contributed by atoms with Crippen molar-refractivity contribution in [2.24, 2.45) is 5.92 Å². The van der Waals surface area contributed by atoms with Crippen LogP contribution in [0.15, 0.2) is 0 Å². The summed E-state index contributed by atoms with van der Waals surface area (Å²) in [5.74, 6) is 0.538. The molecule has 0 aliphatic carbocycles. The van der Waals surface area contributed by atoms with Crippen LogP contribution in [0.5, 0.6) is 0 Å². The normalized spacial score (nSPS) is 14.2. The smallest absolute Gasteiger partial charge is 0.0607 e. The van der Waals surface area contributed by atoms with Gasteiger partial charge in [-0.2, -0.15) is 0 Å². The number of hydrogen-bond donors (Lipinski definition) is 3. The van der Waals surface area contributed by atoms with Crippen molar-refractivity contribution in [1.82, 2.24) is 5.32 Å². The molecule has 0 unspecified atom stereocenters. The maximum Gasteiger partial charge on any atom is 0.0607 e. The van der Waals surface area contributed by atoms with Crippen LogP contribution in [0.2, 0.25) is 0 Å². The molecule has 0 bridgehead atoms. The van der Waals surface area contributed by atoms with Crippen LogP contribution >= 0.6 is 0 Å². The van der Waals surface area contributed by atoms with Gasteiger partial charge in [0.1, 0.15) is 0 Å². The van der Waals surface area contributed by atoms with Crippen molar-refractivity contribution < 1.29 is 10.2 Å². The fourth-order valence-corrected chi connectivity index (χ4v) is 1.25. The highest BCUT2D eigenvalue weighted by Gasteiger charge is 2.14. The number of rotatable bonds is 6. The Morgan fingerprint density at radius 1 is 1.17 bits per heavy atom. The Hall–Kier alpha value is -0.120. The van der Waals surface area contributed by atoms with Gasteiger partial charge in [-0.1, -0.05) is 20.8 Å². The van der Waals surface area contributed by atoms with Gasteiger partial charge in [0.2, 0.25) is 0 Å². The molecular weight excluding hydrogens is 154 g/mol. The highest BCUT2D eigenvalue weighted by Crippen LogP contribution is 2.05. The summed E-state index contributed by atoms with van der Waals surface area (Å²) in [6.07, 6.45) is 1.02. The Balaban J connectivity index is 3.82. The molecule has 0 amide bonds. The first kappa shape index (κ1) is 11.9. The summed E-state index contributed by atoms with van der Waals surface area (Å²) < 4.78 is 0. The second-order valence-electron chi connectivity index (χ2n) is 3.49. The average Bonchev–Trinajstić information content (AvgIpc) is 2.06. The van der Waals surface area contributed by atoms with Gasteiger partial charge in [-0.25, -0.2) is 0 Å². The van der Waals surface area contributed by atoms with E-state index in [0.29, 0.717) is 12.0 Å². The molecule has 0 fully saturated rings. The van der Waals surface area contributed by atoms with E-state index in [1.807, 2.05) is 0 Å². The van der Waals surface area contributed by atoms with Gasteiger partial charge >= 0.3 is 0 Å². The van der Waals surface area contributed by atoms with Gasteiger partial charge in [0.25, 0.3) is 0 Å². The lowest BCUT2D eigenvalue weighted by atomic mass is 10.0. The second kappa shape index (κ2) is 6.40. The average molecular weight is 175 g/mol. The number of hydrogen-bond acceptors (Lipinski definition) is 3. The summed E-state index contributed by atoms with van der Waals surface area (Å²) in [6.45, 7) is 6.36. The van der Waals surface area contributed by atoms with E-state index >= 15 is 0 Å². The third kappa shape index (κ3) is 4.04. The lowest BCUT2D eigenvalue weighted by molar-refractivity contribution is 0.153. The third-order valence-electron chi connectivity index (χ3n) is 2.14. The van der Waals surface area contributed by atoms with Gasteiger partial charge in [-0.3, -0.25) is 0 Å². The molecule has 0 aromatic heterocycles. The van der Waals surface area contributed by atoms with Gasteiger partial charge < -0.3 is 15.5 Å². The minimum absolute atomic E-state index is 0.000278. The molecule has 0 heterocycles. The van der Waals surface area contributed by atoms with E-state index in [0.717, 1.165) is 6.42 Å². The molecule has 0 spiro atoms. The molecule has 0 aliphatic heterocycles. The Labute approximate surface area is 74.8 Å². The standard InChI is InChI=1S/C9H21NO2/c1-4-9(7(2)3)10-8(5-11)6-12/h7-12H,4-6H2,1-3H3/t9-/m1/s1. The van der Waals surface area contributed by atoms with Crippen LogP contribution in [0.3, 0.4) is 0 Å². The predicted octanol–water partition coefficient (Wildman–Crippen LogP) is 0.364. The lowest BCUT2D eigenvalue weighted by Gasteiger charge is -2.25. The van der Waals surface area contributed by atoms with Crippen LogP contribution in [0.4, 0.5) is 0 Å². The minimum atomic E-state index is -0.169. The maximum atomic E-state index is 8.83. The van der Waals surface area contributed by atoms with Gasteiger partial charge in [-0.05, 0) is 12.3 Å². The van der Waals surface area contributed by atoms with Crippen LogP contribution in [0.1, 0.15) is 27.2 Å². The molecule has 1 atom stereocenters. The Kier molecular flexibility index (Phi) is 6.34. The summed E-state index contributed by atoms with van der Waals surface area (Å²) in [6, 6.07) is 0.214. The van der Waals surface area contributed by atoms with E-state index in [1.165, 1.54) is 0 Å². The highest BCUT2D eigenvalue weighted by molar-refractivity contribution is 4.74. The number of nitrogens with one attached hydrogen (secondary N) is 1. The Bertz CT molecular complexity index is 103. The maximum absolute atomic E-state index is 8.83. The van der Waals surface area contributed by atoms with Gasteiger partial charge in [0.15, 0.2) is 0 Å². The van der Waals surface area contributed by atoms with Crippen molar-refractivity contribution in [3.05, 3.63) is 0 Å². The molecule has 0 aromatic carbocycles. The fraction of sp³-hybridized carbons (Fsp3) is 1.00. The van der Waals surface area contributed by atoms with Crippen molar-refractivity contribution in [1.29, 1.82) is 0 Å². The van der Waals surface area contributed by atoms with Crippen molar-refractivity contribution in [3.8, 4) is 0 Å². The number of aliphatic hydroxyl groups is 2. The van der Waals surface area contributed by atoms with Crippen molar-refractivity contribution in [3.63, 3.8) is 0 Å². The Morgan fingerprint density at radius 3 is 1.92 bits per heavy atom. The minimum Gasteiger partial charge on any atom is -0.395 e. The van der Waals surface area contributed by atoms with E-state index in [9.17, 15) is 0 Å². The first-order valence-corrected chi connectivity index (χ1v) is 4.63. The highest BCUT2D eigenvalue weighted by atomic mass is 16.3. The molecule has 0 saturated carbocycles. The van der Waals surface area contributed by atoms with Gasteiger partial charge in [-0.15, -0.1) is 0 Å². The molecule has 3 heteroatoms. The molecule has 3 N–H and O–H groups in total. The third-order valence-corrected chi connectivity index (χ3v) is 2.14. The first-order chi connectivity index (χ1) is 5.65. The molecule has 0 rings (SSSR count). The van der Waals surface area contributed by atoms with Crippen LogP contribution in [-0.4, -0.2) is 35.5 Å². The SMILES string of the molecule is CC[C@@H](NC(CO)CO)C(C)C. The molecular formula is C9H21NO2. The largest absolute Gasteiger partial charge is 0.395 e. The summed E-state index contributed by atoms with van der Waals surface area (Å²) in [4.78, 5) is 0. The van der Waals surface area contributed by atoms with E-state index in [2.05, 4.69) is 26.1 Å². The lowest BCUT2D eigenvalue weighted by Crippen LogP contribution is -2.44. The van der Waals surface area contributed by atoms with E-state index in [4.69, 9.17) is 10.2 Å².